The van der Waals surface area contributed by atoms with Crippen molar-refractivity contribution < 1.29 is 9.90 Å². The van der Waals surface area contributed by atoms with Gasteiger partial charge in [-0.1, -0.05) is 0 Å². The normalized spacial score (nSPS) is 12.5. The van der Waals surface area contributed by atoms with Crippen LogP contribution in [0.2, 0.25) is 0 Å². The van der Waals surface area contributed by atoms with Gasteiger partial charge >= 0.3 is 0 Å². The number of aliphatic carboxylic acids is 1. The summed E-state index contributed by atoms with van der Waals surface area (Å²) in [5.41, 5.74) is 0.720. The van der Waals surface area contributed by atoms with E-state index in [9.17, 15) is 9.90 Å². The summed E-state index contributed by atoms with van der Waals surface area (Å²) >= 11 is 0. The highest BCUT2D eigenvalue weighted by molar-refractivity contribution is 5.69. The van der Waals surface area contributed by atoms with Gasteiger partial charge in [0.05, 0.1) is 18.3 Å². The SMILES string of the molecule is O=C([O-])[C@@H](Cc1cnc[nH]1)n1cnnc1. The minimum atomic E-state index is -1.18. The Morgan fingerprint density at radius 3 is 2.80 bits per heavy atom. The molecule has 0 aliphatic heterocycles. The van der Waals surface area contributed by atoms with Gasteiger partial charge in [-0.3, -0.25) is 0 Å². The molecule has 0 amide bonds. The molecule has 0 radical (unpaired) electrons. The summed E-state index contributed by atoms with van der Waals surface area (Å²) in [5, 5.41) is 18.0. The van der Waals surface area contributed by atoms with E-state index in [4.69, 9.17) is 0 Å². The Bertz CT molecular complexity index is 422. The van der Waals surface area contributed by atoms with Gasteiger partial charge in [0.25, 0.3) is 0 Å². The second kappa shape index (κ2) is 3.91. The molecule has 0 unspecified atom stereocenters. The molecule has 0 aromatic carbocycles. The fourth-order valence-corrected chi connectivity index (χ4v) is 1.28. The van der Waals surface area contributed by atoms with Crippen LogP contribution in [0.1, 0.15) is 11.7 Å². The number of hydrogen-bond donors (Lipinski definition) is 1. The highest BCUT2D eigenvalue weighted by Crippen LogP contribution is 2.10. The number of aromatic nitrogens is 5. The Morgan fingerprint density at radius 2 is 2.27 bits per heavy atom. The molecule has 78 valence electrons. The average Bonchev–Trinajstić information content (AvgIpc) is 2.87. The summed E-state index contributed by atoms with van der Waals surface area (Å²) in [6.45, 7) is 0. The van der Waals surface area contributed by atoms with E-state index in [0.29, 0.717) is 0 Å². The van der Waals surface area contributed by atoms with Crippen molar-refractivity contribution in [3.8, 4) is 0 Å². The summed E-state index contributed by atoms with van der Waals surface area (Å²) in [5.74, 6) is -1.18. The van der Waals surface area contributed by atoms with Crippen LogP contribution >= 0.6 is 0 Å². The Kier molecular flexibility index (Phi) is 2.44. The first-order valence-corrected chi connectivity index (χ1v) is 4.29. The zero-order valence-electron chi connectivity index (χ0n) is 7.70. The van der Waals surface area contributed by atoms with E-state index in [1.807, 2.05) is 0 Å². The molecule has 0 aliphatic rings. The van der Waals surface area contributed by atoms with Crippen LogP contribution in [0.3, 0.4) is 0 Å². The number of hydrogen-bond acceptors (Lipinski definition) is 5. The van der Waals surface area contributed by atoms with E-state index in [2.05, 4.69) is 20.2 Å². The van der Waals surface area contributed by atoms with Crippen molar-refractivity contribution in [2.75, 3.05) is 0 Å². The van der Waals surface area contributed by atoms with Crippen molar-refractivity contribution in [1.82, 2.24) is 24.7 Å². The molecule has 0 bridgehead atoms. The molecule has 0 saturated heterocycles. The number of aromatic amines is 1. The molecular weight excluding hydrogens is 198 g/mol. The molecule has 2 aromatic rings. The molecule has 1 atom stereocenters. The van der Waals surface area contributed by atoms with Crippen molar-refractivity contribution >= 4 is 5.97 Å². The highest BCUT2D eigenvalue weighted by atomic mass is 16.4. The Hall–Kier alpha value is -2.18. The van der Waals surface area contributed by atoms with Gasteiger partial charge in [-0.15, -0.1) is 10.2 Å². The van der Waals surface area contributed by atoms with Crippen LogP contribution in [0, 0.1) is 0 Å². The topological polar surface area (TPSA) is 99.5 Å². The number of nitrogens with one attached hydrogen (secondary N) is 1. The first-order chi connectivity index (χ1) is 7.27. The number of carboxylic acids is 1. The van der Waals surface area contributed by atoms with Crippen molar-refractivity contribution in [2.24, 2.45) is 0 Å². The van der Waals surface area contributed by atoms with Crippen LogP contribution in [0.25, 0.3) is 0 Å². The van der Waals surface area contributed by atoms with Crippen LogP contribution in [0.15, 0.2) is 25.2 Å². The van der Waals surface area contributed by atoms with E-state index in [-0.39, 0.29) is 6.42 Å². The predicted molar refractivity (Wildman–Crippen MR) is 46.4 cm³/mol. The maximum absolute atomic E-state index is 10.9. The van der Waals surface area contributed by atoms with Crippen molar-refractivity contribution in [2.45, 2.75) is 12.5 Å². The molecule has 15 heavy (non-hydrogen) atoms. The first kappa shape index (κ1) is 9.38. The van der Waals surface area contributed by atoms with Gasteiger partial charge in [-0.2, -0.15) is 0 Å². The fourth-order valence-electron chi connectivity index (χ4n) is 1.28. The molecular formula is C8H8N5O2-. The maximum Gasteiger partial charge on any atom is 0.119 e. The van der Waals surface area contributed by atoms with Gasteiger partial charge in [-0.25, -0.2) is 4.98 Å². The average molecular weight is 206 g/mol. The minimum absolute atomic E-state index is 0.264. The lowest BCUT2D eigenvalue weighted by Crippen LogP contribution is -2.34. The Balaban J connectivity index is 2.18. The number of rotatable bonds is 4. The predicted octanol–water partition coefficient (Wildman–Crippen LogP) is -1.47. The zero-order chi connectivity index (χ0) is 10.7. The molecule has 0 spiro atoms. The maximum atomic E-state index is 10.9. The zero-order valence-corrected chi connectivity index (χ0v) is 7.70. The van der Waals surface area contributed by atoms with Gasteiger partial charge in [0, 0.05) is 18.3 Å². The van der Waals surface area contributed by atoms with Crippen molar-refractivity contribution in [1.29, 1.82) is 0 Å². The summed E-state index contributed by atoms with van der Waals surface area (Å²) in [6.07, 6.45) is 6.02. The van der Waals surface area contributed by atoms with E-state index < -0.39 is 12.0 Å². The van der Waals surface area contributed by atoms with E-state index in [0.717, 1.165) is 5.69 Å². The number of carbonyl (C=O) groups is 1. The first-order valence-electron chi connectivity index (χ1n) is 4.29. The number of carbonyl (C=O) groups excluding carboxylic acids is 1. The van der Waals surface area contributed by atoms with Gasteiger partial charge < -0.3 is 19.5 Å². The van der Waals surface area contributed by atoms with Gasteiger partial charge in [-0.05, 0) is 0 Å². The summed E-state index contributed by atoms with van der Waals surface area (Å²) in [7, 11) is 0. The van der Waals surface area contributed by atoms with Crippen LogP contribution in [0.5, 0.6) is 0 Å². The molecule has 2 heterocycles. The molecule has 2 aromatic heterocycles. The summed E-state index contributed by atoms with van der Waals surface area (Å²) in [4.78, 5) is 17.5. The number of imidazole rings is 1. The largest absolute Gasteiger partial charge is 0.548 e. The van der Waals surface area contributed by atoms with Gasteiger partial charge in [0.15, 0.2) is 0 Å². The van der Waals surface area contributed by atoms with Crippen LogP contribution < -0.4 is 5.11 Å². The van der Waals surface area contributed by atoms with Crippen molar-refractivity contribution in [3.63, 3.8) is 0 Å². The molecule has 7 nitrogen and oxygen atoms in total. The Labute approximate surface area is 84.8 Å². The second-order valence-corrected chi connectivity index (χ2v) is 3.02. The summed E-state index contributed by atoms with van der Waals surface area (Å²) < 4.78 is 1.39. The lowest BCUT2D eigenvalue weighted by atomic mass is 10.1. The smallest absolute Gasteiger partial charge is 0.119 e. The monoisotopic (exact) mass is 206 g/mol. The van der Waals surface area contributed by atoms with Gasteiger partial charge in [0.2, 0.25) is 0 Å². The number of nitrogens with zero attached hydrogens (tertiary/aromatic N) is 4. The Morgan fingerprint density at radius 1 is 1.53 bits per heavy atom. The molecule has 1 N–H and O–H groups in total. The third-order valence-electron chi connectivity index (χ3n) is 2.04. The van der Waals surface area contributed by atoms with E-state index >= 15 is 0 Å². The number of carboxylic acid groups (broad SMARTS) is 1. The van der Waals surface area contributed by atoms with Crippen LogP contribution in [-0.2, 0) is 11.2 Å². The van der Waals surface area contributed by atoms with E-state index in [1.165, 1.54) is 23.5 Å². The van der Waals surface area contributed by atoms with Gasteiger partial charge in [0.1, 0.15) is 12.7 Å². The summed E-state index contributed by atoms with van der Waals surface area (Å²) in [6, 6.07) is -0.819. The quantitative estimate of drug-likeness (QED) is 0.658. The lowest BCUT2D eigenvalue weighted by Gasteiger charge is -2.17. The molecule has 7 heteroatoms. The second-order valence-electron chi connectivity index (χ2n) is 3.02. The molecule has 0 fully saturated rings. The third-order valence-corrected chi connectivity index (χ3v) is 2.04. The standard InChI is InChI=1S/C8H9N5O2/c14-8(15)7(13-4-11-12-5-13)1-6-2-9-3-10-6/h2-5,7H,1H2,(H,9,10)(H,14,15)/p-1/t7-/m1/s1. The van der Waals surface area contributed by atoms with Crippen LogP contribution in [0.4, 0.5) is 0 Å². The van der Waals surface area contributed by atoms with Crippen LogP contribution in [-0.4, -0.2) is 30.7 Å². The highest BCUT2D eigenvalue weighted by Gasteiger charge is 2.13. The number of H-pyrrole nitrogens is 1. The third kappa shape index (κ3) is 2.01. The van der Waals surface area contributed by atoms with Crippen molar-refractivity contribution in [3.05, 3.63) is 30.9 Å². The van der Waals surface area contributed by atoms with E-state index in [1.54, 1.807) is 6.20 Å². The minimum Gasteiger partial charge on any atom is -0.548 e. The molecule has 0 saturated carbocycles. The molecule has 0 aliphatic carbocycles. The molecule has 2 rings (SSSR count). The fraction of sp³-hybridized carbons (Fsp3) is 0.250. The lowest BCUT2D eigenvalue weighted by molar-refractivity contribution is -0.310.